The fourth-order valence-corrected chi connectivity index (χ4v) is 3.50. The minimum Gasteiger partial charge on any atom is -0.497 e. The van der Waals surface area contributed by atoms with Crippen molar-refractivity contribution < 1.29 is 9.53 Å². The molecule has 2 aromatic rings. The van der Waals surface area contributed by atoms with Gasteiger partial charge in [-0.15, -0.1) is 0 Å². The summed E-state index contributed by atoms with van der Waals surface area (Å²) in [6, 6.07) is 9.64. The van der Waals surface area contributed by atoms with Crippen molar-refractivity contribution in [2.75, 3.05) is 36.7 Å². The van der Waals surface area contributed by atoms with Crippen molar-refractivity contribution in [1.82, 2.24) is 15.3 Å². The number of nitrogens with zero attached hydrogens (tertiary/aromatic N) is 3. The van der Waals surface area contributed by atoms with Crippen molar-refractivity contribution in [3.8, 4) is 5.75 Å². The van der Waals surface area contributed by atoms with E-state index in [1.165, 1.54) is 0 Å². The summed E-state index contributed by atoms with van der Waals surface area (Å²) in [5.41, 5.74) is 0.716. The molecule has 156 valence electrons. The van der Waals surface area contributed by atoms with E-state index < -0.39 is 0 Å². The molecule has 3 N–H and O–H groups in total. The van der Waals surface area contributed by atoms with Crippen LogP contribution in [0, 0.1) is 6.92 Å². The van der Waals surface area contributed by atoms with Crippen LogP contribution in [0.2, 0.25) is 0 Å². The number of urea groups is 1. The van der Waals surface area contributed by atoms with Gasteiger partial charge in [0.2, 0.25) is 0 Å². The molecular weight excluding hydrogens is 368 g/mol. The molecule has 3 rings (SSSR count). The fourth-order valence-electron chi connectivity index (χ4n) is 3.50. The van der Waals surface area contributed by atoms with Crippen LogP contribution in [-0.4, -0.2) is 49.3 Å². The van der Waals surface area contributed by atoms with Gasteiger partial charge in [-0.25, -0.2) is 14.8 Å². The van der Waals surface area contributed by atoms with Gasteiger partial charge in [-0.2, -0.15) is 0 Å². The van der Waals surface area contributed by atoms with Crippen LogP contribution < -0.4 is 25.6 Å². The Morgan fingerprint density at radius 2 is 1.83 bits per heavy atom. The zero-order chi connectivity index (χ0) is 20.8. The molecule has 0 radical (unpaired) electrons. The van der Waals surface area contributed by atoms with Crippen LogP contribution in [0.25, 0.3) is 0 Å². The summed E-state index contributed by atoms with van der Waals surface area (Å²) in [5.74, 6) is 3.22. The molecule has 0 unspecified atom stereocenters. The first-order chi connectivity index (χ1) is 13.9. The van der Waals surface area contributed by atoms with Crippen LogP contribution in [0.3, 0.4) is 0 Å². The summed E-state index contributed by atoms with van der Waals surface area (Å²) >= 11 is 0. The molecule has 1 aliphatic rings. The van der Waals surface area contributed by atoms with E-state index in [1.54, 1.807) is 13.2 Å². The maximum Gasteiger partial charge on any atom is 0.319 e. The minimum atomic E-state index is -0.184. The molecule has 0 bridgehead atoms. The number of aromatic nitrogens is 2. The number of carbonyl (C=O) groups is 1. The maximum atomic E-state index is 12.3. The predicted molar refractivity (Wildman–Crippen MR) is 116 cm³/mol. The smallest absolute Gasteiger partial charge is 0.319 e. The van der Waals surface area contributed by atoms with Crippen molar-refractivity contribution in [2.24, 2.45) is 0 Å². The maximum absolute atomic E-state index is 12.3. The van der Waals surface area contributed by atoms with Crippen molar-refractivity contribution in [2.45, 2.75) is 44.7 Å². The highest BCUT2D eigenvalue weighted by Gasteiger charge is 2.23. The van der Waals surface area contributed by atoms with Crippen LogP contribution in [-0.2, 0) is 0 Å². The minimum absolute atomic E-state index is 0.170. The van der Waals surface area contributed by atoms with Crippen LogP contribution in [0.5, 0.6) is 5.75 Å². The first kappa shape index (κ1) is 20.7. The monoisotopic (exact) mass is 398 g/mol. The quantitative estimate of drug-likeness (QED) is 0.691. The Morgan fingerprint density at radius 1 is 1.10 bits per heavy atom. The van der Waals surface area contributed by atoms with Crippen molar-refractivity contribution >= 4 is 23.4 Å². The fraction of sp³-hybridized carbons (Fsp3) is 0.476. The molecule has 1 fully saturated rings. The first-order valence-electron chi connectivity index (χ1n) is 9.94. The topological polar surface area (TPSA) is 91.4 Å². The van der Waals surface area contributed by atoms with Gasteiger partial charge in [0.25, 0.3) is 0 Å². The molecule has 1 heterocycles. The second kappa shape index (κ2) is 9.45. The number of carbonyl (C=O) groups excluding carboxylic acids is 1. The molecule has 8 heteroatoms. The van der Waals surface area contributed by atoms with Crippen LogP contribution >= 0.6 is 0 Å². The lowest BCUT2D eigenvalue weighted by atomic mass is 9.91. The Bertz CT molecular complexity index is 834. The van der Waals surface area contributed by atoms with Crippen LogP contribution in [0.1, 0.15) is 31.5 Å². The van der Waals surface area contributed by atoms with Crippen molar-refractivity contribution in [1.29, 1.82) is 0 Å². The van der Waals surface area contributed by atoms with Crippen LogP contribution in [0.4, 0.5) is 22.1 Å². The lowest BCUT2D eigenvalue weighted by Gasteiger charge is -2.30. The third kappa shape index (κ3) is 5.97. The van der Waals surface area contributed by atoms with Crippen molar-refractivity contribution in [3.05, 3.63) is 36.2 Å². The number of anilines is 3. The third-order valence-electron chi connectivity index (χ3n) is 5.02. The van der Waals surface area contributed by atoms with E-state index in [9.17, 15) is 4.79 Å². The van der Waals surface area contributed by atoms with E-state index in [2.05, 4.69) is 25.9 Å². The summed E-state index contributed by atoms with van der Waals surface area (Å²) in [6.45, 7) is 1.90. The largest absolute Gasteiger partial charge is 0.497 e. The molecule has 1 aromatic heterocycles. The number of amides is 2. The van der Waals surface area contributed by atoms with Gasteiger partial charge in [0.05, 0.1) is 7.11 Å². The second-order valence-corrected chi connectivity index (χ2v) is 7.58. The van der Waals surface area contributed by atoms with E-state index in [1.807, 2.05) is 50.2 Å². The van der Waals surface area contributed by atoms with Crippen molar-refractivity contribution in [3.63, 3.8) is 0 Å². The summed E-state index contributed by atoms with van der Waals surface area (Å²) in [4.78, 5) is 23.2. The highest BCUT2D eigenvalue weighted by atomic mass is 16.5. The lowest BCUT2D eigenvalue weighted by molar-refractivity contribution is 0.243. The Kier molecular flexibility index (Phi) is 6.74. The van der Waals surface area contributed by atoms with Gasteiger partial charge in [-0.05, 0) is 44.7 Å². The first-order valence-corrected chi connectivity index (χ1v) is 9.94. The van der Waals surface area contributed by atoms with Gasteiger partial charge in [0, 0.05) is 44.0 Å². The number of benzene rings is 1. The van der Waals surface area contributed by atoms with Gasteiger partial charge in [0.1, 0.15) is 23.2 Å². The molecule has 1 aromatic carbocycles. The zero-order valence-electron chi connectivity index (χ0n) is 17.5. The molecule has 0 aliphatic heterocycles. The number of hydrogen-bond donors (Lipinski definition) is 3. The summed E-state index contributed by atoms with van der Waals surface area (Å²) in [5, 5.41) is 9.47. The summed E-state index contributed by atoms with van der Waals surface area (Å²) < 4.78 is 5.18. The number of aryl methyl sites for hydroxylation is 1. The Hall–Kier alpha value is -3.03. The molecule has 1 saturated carbocycles. The Labute approximate surface area is 172 Å². The molecule has 0 atom stereocenters. The number of nitrogens with one attached hydrogen (secondary N) is 3. The van der Waals surface area contributed by atoms with E-state index in [0.717, 1.165) is 43.1 Å². The number of ether oxygens (including phenoxy) is 1. The normalized spacial score (nSPS) is 18.6. The highest BCUT2D eigenvalue weighted by Crippen LogP contribution is 2.23. The van der Waals surface area contributed by atoms with E-state index in [-0.39, 0.29) is 12.1 Å². The van der Waals surface area contributed by atoms with Gasteiger partial charge < -0.3 is 25.6 Å². The Morgan fingerprint density at radius 3 is 2.52 bits per heavy atom. The van der Waals surface area contributed by atoms with E-state index in [4.69, 9.17) is 4.74 Å². The van der Waals surface area contributed by atoms with E-state index >= 15 is 0 Å². The van der Waals surface area contributed by atoms with Crippen LogP contribution in [0.15, 0.2) is 30.3 Å². The molecule has 8 nitrogen and oxygen atoms in total. The van der Waals surface area contributed by atoms with Gasteiger partial charge in [-0.3, -0.25) is 0 Å². The molecular formula is C21H30N6O2. The third-order valence-corrected chi connectivity index (χ3v) is 5.02. The molecule has 0 spiro atoms. The number of hydrogen-bond acceptors (Lipinski definition) is 6. The molecule has 1 aliphatic carbocycles. The average molecular weight is 399 g/mol. The van der Waals surface area contributed by atoms with Gasteiger partial charge >= 0.3 is 6.03 Å². The zero-order valence-corrected chi connectivity index (χ0v) is 17.5. The second-order valence-electron chi connectivity index (χ2n) is 7.58. The standard InChI is InChI=1S/C21H30N6O2/c1-14-22-19(13-20(23-14)27(2)3)24-15-8-10-16(11-9-15)25-21(28)26-17-6-5-7-18(12-17)29-4/h5-7,12-13,15-16H,8-11H2,1-4H3,(H,22,23,24)(H2,25,26,28)/t15-,16+. The SMILES string of the molecule is COc1cccc(NC(=O)N[C@H]2CC[C@@H](Nc3cc(N(C)C)nc(C)n3)CC2)c1. The Balaban J connectivity index is 1.47. The summed E-state index contributed by atoms with van der Waals surface area (Å²) in [7, 11) is 5.55. The highest BCUT2D eigenvalue weighted by molar-refractivity contribution is 5.89. The van der Waals surface area contributed by atoms with E-state index in [0.29, 0.717) is 17.5 Å². The molecule has 29 heavy (non-hydrogen) atoms. The number of rotatable bonds is 6. The lowest BCUT2D eigenvalue weighted by Crippen LogP contribution is -2.42. The van der Waals surface area contributed by atoms with Gasteiger partial charge in [-0.1, -0.05) is 6.07 Å². The molecule has 0 saturated heterocycles. The average Bonchev–Trinajstić information content (AvgIpc) is 2.69. The van der Waals surface area contributed by atoms with Gasteiger partial charge in [0.15, 0.2) is 0 Å². The predicted octanol–water partition coefficient (Wildman–Crippen LogP) is 3.40. The number of methoxy groups -OCH3 is 1. The molecule has 2 amide bonds. The summed E-state index contributed by atoms with van der Waals surface area (Å²) in [6.07, 6.45) is 3.80.